The Balaban J connectivity index is 2.11. The summed E-state index contributed by atoms with van der Waals surface area (Å²) < 4.78 is 5.37. The number of carbonyl (C=O) groups excluding carboxylic acids is 1. The summed E-state index contributed by atoms with van der Waals surface area (Å²) in [5.41, 5.74) is -0.559. The molecule has 1 aromatic rings. The molecule has 0 bridgehead atoms. The first-order valence-electron chi connectivity index (χ1n) is 7.25. The highest BCUT2D eigenvalue weighted by Crippen LogP contribution is 2.23. The van der Waals surface area contributed by atoms with Gasteiger partial charge in [-0.15, -0.1) is 0 Å². The normalized spacial score (nSPS) is 19.0. The Kier molecular flexibility index (Phi) is 5.54. The van der Waals surface area contributed by atoms with E-state index in [-0.39, 0.29) is 23.1 Å². The van der Waals surface area contributed by atoms with Crippen LogP contribution >= 0.6 is 23.2 Å². The number of carbonyl (C=O) groups is 1. The van der Waals surface area contributed by atoms with Gasteiger partial charge in [0.1, 0.15) is 16.6 Å². The lowest BCUT2D eigenvalue weighted by molar-refractivity contribution is 0.0197. The minimum Gasteiger partial charge on any atom is -0.444 e. The van der Waals surface area contributed by atoms with Gasteiger partial charge in [0.05, 0.1) is 12.6 Å². The minimum absolute atomic E-state index is 0.0405. The quantitative estimate of drug-likeness (QED) is 0.641. The molecule has 1 fully saturated rings. The highest BCUT2D eigenvalue weighted by Gasteiger charge is 2.32. The van der Waals surface area contributed by atoms with E-state index in [4.69, 9.17) is 27.9 Å². The Morgan fingerprint density at radius 2 is 2.09 bits per heavy atom. The molecule has 0 aromatic carbocycles. The van der Waals surface area contributed by atoms with Crippen LogP contribution in [0.1, 0.15) is 20.8 Å². The molecule has 1 aromatic heterocycles. The van der Waals surface area contributed by atoms with Crippen molar-refractivity contribution in [3.8, 4) is 0 Å². The highest BCUT2D eigenvalue weighted by atomic mass is 35.5. The predicted octanol–water partition coefficient (Wildman–Crippen LogP) is 2.20. The van der Waals surface area contributed by atoms with E-state index >= 15 is 0 Å². The van der Waals surface area contributed by atoms with E-state index in [1.165, 1.54) is 0 Å². The molecule has 1 atom stereocenters. The molecule has 1 amide bonds. The van der Waals surface area contributed by atoms with Gasteiger partial charge in [0.2, 0.25) is 5.28 Å². The highest BCUT2D eigenvalue weighted by molar-refractivity contribution is 6.32. The zero-order valence-corrected chi connectivity index (χ0v) is 14.8. The molecule has 0 radical (unpaired) electrons. The number of hydrogen-bond donors (Lipinski definition) is 1. The molecule has 1 N–H and O–H groups in total. The molecular formula is C14H20Cl2N4O3. The molecule has 1 aliphatic heterocycles. The number of nitrogens with zero attached hydrogens (tertiary/aromatic N) is 4. The van der Waals surface area contributed by atoms with E-state index in [1.807, 2.05) is 25.7 Å². The number of aromatic nitrogens is 2. The van der Waals surface area contributed by atoms with Crippen LogP contribution in [0.25, 0.3) is 0 Å². The predicted molar refractivity (Wildman–Crippen MR) is 88.1 cm³/mol. The molecule has 0 spiro atoms. The summed E-state index contributed by atoms with van der Waals surface area (Å²) in [4.78, 5) is 23.5. The van der Waals surface area contributed by atoms with Gasteiger partial charge >= 0.3 is 6.09 Å². The summed E-state index contributed by atoms with van der Waals surface area (Å²) >= 11 is 11.7. The van der Waals surface area contributed by atoms with E-state index in [0.717, 1.165) is 0 Å². The Morgan fingerprint density at radius 3 is 2.65 bits per heavy atom. The van der Waals surface area contributed by atoms with Crippen LogP contribution in [0.5, 0.6) is 0 Å². The third-order valence-corrected chi connectivity index (χ3v) is 3.66. The topological polar surface area (TPSA) is 78.8 Å². The molecule has 128 valence electrons. The fraction of sp³-hybridized carbons (Fsp3) is 0.643. The van der Waals surface area contributed by atoms with Gasteiger partial charge < -0.3 is 19.6 Å². The number of aliphatic hydroxyl groups excluding tert-OH is 1. The molecule has 2 heterocycles. The first-order valence-corrected chi connectivity index (χ1v) is 8.00. The lowest BCUT2D eigenvalue weighted by Crippen LogP contribution is -2.57. The molecule has 23 heavy (non-hydrogen) atoms. The van der Waals surface area contributed by atoms with Crippen molar-refractivity contribution in [1.29, 1.82) is 0 Å². The summed E-state index contributed by atoms with van der Waals surface area (Å²) in [6.45, 7) is 6.56. The van der Waals surface area contributed by atoms with Crippen LogP contribution in [0, 0.1) is 0 Å². The van der Waals surface area contributed by atoms with Crippen LogP contribution in [0.3, 0.4) is 0 Å². The molecule has 0 saturated carbocycles. The lowest BCUT2D eigenvalue weighted by Gasteiger charge is -2.41. The summed E-state index contributed by atoms with van der Waals surface area (Å²) in [6, 6.07) is 1.26. The first-order chi connectivity index (χ1) is 10.7. The van der Waals surface area contributed by atoms with Gasteiger partial charge in [-0.05, 0) is 32.4 Å². The van der Waals surface area contributed by atoms with E-state index in [2.05, 4.69) is 9.97 Å². The molecular weight excluding hydrogens is 343 g/mol. The Bertz CT molecular complexity index is 559. The van der Waals surface area contributed by atoms with Crippen molar-refractivity contribution in [3.63, 3.8) is 0 Å². The molecule has 9 heteroatoms. The van der Waals surface area contributed by atoms with Gasteiger partial charge in [-0.25, -0.2) is 14.8 Å². The Morgan fingerprint density at radius 1 is 1.39 bits per heavy atom. The molecule has 1 unspecified atom stereocenters. The summed E-state index contributed by atoms with van der Waals surface area (Å²) in [5.74, 6) is 0.526. The smallest absolute Gasteiger partial charge is 0.410 e. The second-order valence-corrected chi connectivity index (χ2v) is 7.00. The number of halogens is 2. The monoisotopic (exact) mass is 362 g/mol. The fourth-order valence-corrected chi connectivity index (χ4v) is 2.73. The summed E-state index contributed by atoms with van der Waals surface area (Å²) in [6.07, 6.45) is -0.394. The number of aliphatic hydroxyl groups is 1. The van der Waals surface area contributed by atoms with Crippen molar-refractivity contribution in [1.82, 2.24) is 14.9 Å². The summed E-state index contributed by atoms with van der Waals surface area (Å²) in [7, 11) is 0. The van der Waals surface area contributed by atoms with E-state index in [0.29, 0.717) is 25.5 Å². The molecule has 1 saturated heterocycles. The van der Waals surface area contributed by atoms with Crippen LogP contribution in [-0.2, 0) is 4.74 Å². The van der Waals surface area contributed by atoms with Crippen LogP contribution in [0.4, 0.5) is 10.6 Å². The summed E-state index contributed by atoms with van der Waals surface area (Å²) in [5, 5.41) is 9.93. The molecule has 7 nitrogen and oxygen atoms in total. The van der Waals surface area contributed by atoms with E-state index in [1.54, 1.807) is 11.0 Å². The van der Waals surface area contributed by atoms with Crippen molar-refractivity contribution >= 4 is 35.1 Å². The maximum absolute atomic E-state index is 12.2. The van der Waals surface area contributed by atoms with Crippen molar-refractivity contribution < 1.29 is 14.6 Å². The maximum Gasteiger partial charge on any atom is 0.410 e. The molecule has 1 aliphatic rings. The molecule has 0 aliphatic carbocycles. The van der Waals surface area contributed by atoms with Gasteiger partial charge in [-0.2, -0.15) is 0 Å². The lowest BCUT2D eigenvalue weighted by atomic mass is 10.1. The standard InChI is InChI=1S/C14H20Cl2N4O3/c1-14(2,3)23-13(22)19-4-5-20(9(7-19)8-21)11-6-10(15)17-12(16)18-11/h6,9,21H,4-5,7-8H2,1-3H3. The fourth-order valence-electron chi connectivity index (χ4n) is 2.33. The number of rotatable bonds is 2. The Labute approximate surface area is 145 Å². The number of ether oxygens (including phenoxy) is 1. The van der Waals surface area contributed by atoms with Gasteiger partial charge in [-0.1, -0.05) is 11.6 Å². The van der Waals surface area contributed by atoms with Gasteiger partial charge in [0.25, 0.3) is 0 Å². The average Bonchev–Trinajstić information content (AvgIpc) is 2.43. The van der Waals surface area contributed by atoms with Gasteiger partial charge in [0.15, 0.2) is 0 Å². The number of piperazine rings is 1. The van der Waals surface area contributed by atoms with Crippen molar-refractivity contribution in [2.24, 2.45) is 0 Å². The largest absolute Gasteiger partial charge is 0.444 e. The second kappa shape index (κ2) is 7.07. The second-order valence-electron chi connectivity index (χ2n) is 6.27. The first kappa shape index (κ1) is 18.0. The van der Waals surface area contributed by atoms with Crippen LogP contribution < -0.4 is 4.90 Å². The number of hydrogen-bond acceptors (Lipinski definition) is 6. The van der Waals surface area contributed by atoms with Gasteiger partial charge in [-0.3, -0.25) is 0 Å². The SMILES string of the molecule is CC(C)(C)OC(=O)N1CCN(c2cc(Cl)nc(Cl)n2)C(CO)C1. The maximum atomic E-state index is 12.2. The van der Waals surface area contributed by atoms with Gasteiger partial charge in [0, 0.05) is 25.7 Å². The minimum atomic E-state index is -0.559. The van der Waals surface area contributed by atoms with Crippen LogP contribution in [0.2, 0.25) is 10.4 Å². The zero-order valence-electron chi connectivity index (χ0n) is 13.3. The van der Waals surface area contributed by atoms with Crippen LogP contribution in [0.15, 0.2) is 6.07 Å². The third kappa shape index (κ3) is 4.83. The van der Waals surface area contributed by atoms with Crippen molar-refractivity contribution in [2.45, 2.75) is 32.4 Å². The number of amides is 1. The van der Waals surface area contributed by atoms with E-state index < -0.39 is 11.7 Å². The average molecular weight is 363 g/mol. The Hall–Kier alpha value is -1.31. The van der Waals surface area contributed by atoms with Crippen molar-refractivity contribution in [3.05, 3.63) is 16.5 Å². The molecule has 2 rings (SSSR count). The van der Waals surface area contributed by atoms with Crippen LogP contribution in [-0.4, -0.2) is 64.0 Å². The van der Waals surface area contributed by atoms with Crippen molar-refractivity contribution in [2.75, 3.05) is 31.1 Å². The zero-order chi connectivity index (χ0) is 17.2. The number of anilines is 1. The van der Waals surface area contributed by atoms with E-state index in [9.17, 15) is 9.90 Å². The third-order valence-electron chi connectivity index (χ3n) is 3.29.